The minimum Gasteiger partial charge on any atom is -0.493 e. The van der Waals surface area contributed by atoms with Crippen LogP contribution in [0.3, 0.4) is 0 Å². The van der Waals surface area contributed by atoms with E-state index in [4.69, 9.17) is 28.4 Å². The first-order valence-corrected chi connectivity index (χ1v) is 12.3. The van der Waals surface area contributed by atoms with Gasteiger partial charge in [-0.25, -0.2) is 9.59 Å². The number of Topliss-reactive ketones (excluding diaryl/α,β-unsaturated/α-hetero) is 1. The lowest BCUT2D eigenvalue weighted by molar-refractivity contribution is -0.146. The van der Waals surface area contributed by atoms with E-state index < -0.39 is 11.9 Å². The van der Waals surface area contributed by atoms with Crippen LogP contribution in [0.25, 0.3) is 12.2 Å². The van der Waals surface area contributed by atoms with E-state index in [0.29, 0.717) is 47.0 Å². The minimum absolute atomic E-state index is 0.0341. The molecule has 0 unspecified atom stereocenters. The number of ketones is 1. The average molecular weight is 525 g/mol. The molecule has 3 rings (SSSR count). The molecule has 0 spiro atoms. The Morgan fingerprint density at radius 1 is 0.711 bits per heavy atom. The van der Waals surface area contributed by atoms with Crippen molar-refractivity contribution in [3.8, 4) is 23.0 Å². The average Bonchev–Trinajstić information content (AvgIpc) is 3.25. The molecule has 0 heterocycles. The molecule has 2 aromatic rings. The van der Waals surface area contributed by atoms with E-state index in [1.54, 1.807) is 50.2 Å². The maximum Gasteiger partial charge on any atom is 0.344 e. The molecule has 1 saturated carbocycles. The number of hydrogen-bond donors (Lipinski definition) is 0. The smallest absolute Gasteiger partial charge is 0.344 e. The molecule has 9 nitrogen and oxygen atoms in total. The number of methoxy groups -OCH3 is 2. The molecular weight excluding hydrogens is 492 g/mol. The summed E-state index contributed by atoms with van der Waals surface area (Å²) in [4.78, 5) is 36.2. The third kappa shape index (κ3) is 7.61. The number of allylic oxidation sites excluding steroid dienone is 2. The van der Waals surface area contributed by atoms with E-state index in [1.165, 1.54) is 14.2 Å². The van der Waals surface area contributed by atoms with Crippen LogP contribution in [-0.2, 0) is 23.9 Å². The van der Waals surface area contributed by atoms with Crippen molar-refractivity contribution < 1.29 is 42.8 Å². The van der Waals surface area contributed by atoms with Crippen LogP contribution in [0.2, 0.25) is 0 Å². The molecule has 0 N–H and O–H groups in total. The third-order valence-corrected chi connectivity index (χ3v) is 5.61. The SMILES string of the molecule is CCOC(=O)COc1ccc(/C=C2\CC/C(=C\c3ccc(OCC(=O)OCC)c(OC)c3)C2=O)cc1OC. The third-order valence-electron chi connectivity index (χ3n) is 5.61. The van der Waals surface area contributed by atoms with Crippen molar-refractivity contribution in [2.45, 2.75) is 26.7 Å². The summed E-state index contributed by atoms with van der Waals surface area (Å²) in [7, 11) is 3.01. The van der Waals surface area contributed by atoms with Crippen molar-refractivity contribution in [3.63, 3.8) is 0 Å². The van der Waals surface area contributed by atoms with Crippen molar-refractivity contribution in [1.82, 2.24) is 0 Å². The maximum absolute atomic E-state index is 13.1. The van der Waals surface area contributed by atoms with Crippen LogP contribution in [-0.4, -0.2) is 58.4 Å². The molecule has 1 aliphatic carbocycles. The molecule has 0 aliphatic heterocycles. The molecule has 2 aromatic carbocycles. The van der Waals surface area contributed by atoms with E-state index in [-0.39, 0.29) is 32.2 Å². The Bertz CT molecular complexity index is 1130. The maximum atomic E-state index is 13.1. The minimum atomic E-state index is -0.465. The Kier molecular flexibility index (Phi) is 10.3. The zero-order chi connectivity index (χ0) is 27.5. The molecule has 0 aromatic heterocycles. The normalized spacial score (nSPS) is 14.9. The Hall–Kier alpha value is -4.27. The molecule has 0 bridgehead atoms. The summed E-state index contributed by atoms with van der Waals surface area (Å²) in [6.45, 7) is 3.57. The number of carbonyl (C=O) groups is 3. The highest BCUT2D eigenvalue weighted by molar-refractivity contribution is 6.15. The lowest BCUT2D eigenvalue weighted by Crippen LogP contribution is -2.14. The van der Waals surface area contributed by atoms with Gasteiger partial charge in [-0.15, -0.1) is 0 Å². The standard InChI is InChI=1S/C29H32O9/c1-5-35-27(30)17-37-23-11-7-19(15-25(23)33-3)13-21-9-10-22(29(21)32)14-20-8-12-24(26(16-20)34-4)38-18-28(31)36-6-2/h7-8,11-16H,5-6,9-10,17-18H2,1-4H3/b21-13+,22-14+. The van der Waals surface area contributed by atoms with Gasteiger partial charge in [-0.3, -0.25) is 4.79 Å². The van der Waals surface area contributed by atoms with Gasteiger partial charge in [-0.05, 0) is 74.2 Å². The van der Waals surface area contributed by atoms with Crippen LogP contribution in [0, 0.1) is 0 Å². The summed E-state index contributed by atoms with van der Waals surface area (Å²) in [6, 6.07) is 10.5. The van der Waals surface area contributed by atoms with Gasteiger partial charge in [0.05, 0.1) is 27.4 Å². The van der Waals surface area contributed by atoms with Crippen molar-refractivity contribution in [2.75, 3.05) is 40.6 Å². The lowest BCUT2D eigenvalue weighted by Gasteiger charge is -2.11. The molecule has 38 heavy (non-hydrogen) atoms. The summed E-state index contributed by atoms with van der Waals surface area (Å²) in [6.07, 6.45) is 4.86. The molecule has 0 amide bonds. The molecule has 0 saturated heterocycles. The molecule has 0 radical (unpaired) electrons. The summed E-state index contributed by atoms with van der Waals surface area (Å²) in [5.41, 5.74) is 2.92. The summed E-state index contributed by atoms with van der Waals surface area (Å²) >= 11 is 0. The molecule has 202 valence electrons. The van der Waals surface area contributed by atoms with Crippen molar-refractivity contribution in [3.05, 3.63) is 58.7 Å². The fourth-order valence-corrected chi connectivity index (χ4v) is 3.85. The Morgan fingerprint density at radius 3 is 1.50 bits per heavy atom. The second-order valence-electron chi connectivity index (χ2n) is 8.18. The number of ether oxygens (including phenoxy) is 6. The zero-order valence-corrected chi connectivity index (χ0v) is 22.0. The van der Waals surface area contributed by atoms with Crippen LogP contribution >= 0.6 is 0 Å². The van der Waals surface area contributed by atoms with Gasteiger partial charge in [-0.1, -0.05) is 12.1 Å². The van der Waals surface area contributed by atoms with Gasteiger partial charge in [0, 0.05) is 11.1 Å². The highest BCUT2D eigenvalue weighted by Gasteiger charge is 2.23. The van der Waals surface area contributed by atoms with E-state index in [9.17, 15) is 14.4 Å². The van der Waals surface area contributed by atoms with Gasteiger partial charge < -0.3 is 28.4 Å². The van der Waals surface area contributed by atoms with Crippen LogP contribution in [0.5, 0.6) is 23.0 Å². The topological polar surface area (TPSA) is 107 Å². The molecule has 1 aliphatic rings. The summed E-state index contributed by atoms with van der Waals surface area (Å²) in [5.74, 6) is 0.744. The highest BCUT2D eigenvalue weighted by Crippen LogP contribution is 2.34. The van der Waals surface area contributed by atoms with Gasteiger partial charge in [0.1, 0.15) is 0 Å². The zero-order valence-electron chi connectivity index (χ0n) is 22.0. The first kappa shape index (κ1) is 28.3. The number of esters is 2. The number of benzene rings is 2. The largest absolute Gasteiger partial charge is 0.493 e. The summed E-state index contributed by atoms with van der Waals surface area (Å²) < 4.78 is 31.5. The van der Waals surface area contributed by atoms with Gasteiger partial charge >= 0.3 is 11.9 Å². The number of rotatable bonds is 12. The van der Waals surface area contributed by atoms with Crippen LogP contribution < -0.4 is 18.9 Å². The molecule has 9 heteroatoms. The predicted molar refractivity (Wildman–Crippen MR) is 140 cm³/mol. The first-order chi connectivity index (χ1) is 18.4. The summed E-state index contributed by atoms with van der Waals surface area (Å²) in [5, 5.41) is 0. The van der Waals surface area contributed by atoms with Gasteiger partial charge in [0.15, 0.2) is 42.0 Å². The van der Waals surface area contributed by atoms with E-state index >= 15 is 0 Å². The highest BCUT2D eigenvalue weighted by atomic mass is 16.6. The van der Waals surface area contributed by atoms with E-state index in [0.717, 1.165) is 11.1 Å². The van der Waals surface area contributed by atoms with Crippen LogP contribution in [0.15, 0.2) is 47.5 Å². The second kappa shape index (κ2) is 13.9. The molecule has 0 atom stereocenters. The van der Waals surface area contributed by atoms with Crippen molar-refractivity contribution in [2.24, 2.45) is 0 Å². The van der Waals surface area contributed by atoms with Gasteiger partial charge in [0.25, 0.3) is 0 Å². The Morgan fingerprint density at radius 2 is 1.13 bits per heavy atom. The van der Waals surface area contributed by atoms with E-state index in [2.05, 4.69) is 0 Å². The number of carbonyl (C=O) groups excluding carboxylic acids is 3. The Balaban J connectivity index is 1.71. The molecule has 1 fully saturated rings. The first-order valence-electron chi connectivity index (χ1n) is 12.3. The van der Waals surface area contributed by atoms with Crippen molar-refractivity contribution in [1.29, 1.82) is 0 Å². The monoisotopic (exact) mass is 524 g/mol. The Labute approximate surface area is 221 Å². The fourth-order valence-electron chi connectivity index (χ4n) is 3.85. The van der Waals surface area contributed by atoms with Crippen LogP contribution in [0.4, 0.5) is 0 Å². The quantitative estimate of drug-likeness (QED) is 0.295. The fraction of sp³-hybridized carbons (Fsp3) is 0.345. The molecular formula is C29H32O9. The van der Waals surface area contributed by atoms with Crippen molar-refractivity contribution >= 4 is 29.9 Å². The predicted octanol–water partition coefficient (Wildman–Crippen LogP) is 4.42. The van der Waals surface area contributed by atoms with E-state index in [1.807, 2.05) is 12.2 Å². The van der Waals surface area contributed by atoms with Gasteiger partial charge in [-0.2, -0.15) is 0 Å². The second-order valence-corrected chi connectivity index (χ2v) is 8.18. The van der Waals surface area contributed by atoms with Crippen LogP contribution in [0.1, 0.15) is 37.8 Å². The number of hydrogen-bond acceptors (Lipinski definition) is 9. The lowest BCUT2D eigenvalue weighted by atomic mass is 10.1. The van der Waals surface area contributed by atoms with Gasteiger partial charge in [0.2, 0.25) is 0 Å².